The minimum absolute atomic E-state index is 0.744. The Hall–Kier alpha value is -3.40. The Balaban J connectivity index is 1.35. The molecule has 2 aromatic carbocycles. The smallest absolute Gasteiger partial charge is 0.158 e. The summed E-state index contributed by atoms with van der Waals surface area (Å²) in [5.41, 5.74) is 8.30. The molecule has 6 rings (SSSR count). The van der Waals surface area contributed by atoms with Crippen LogP contribution in [0.2, 0.25) is 0 Å². The molecule has 0 saturated carbocycles. The van der Waals surface area contributed by atoms with E-state index >= 15 is 0 Å². The molecule has 1 aliphatic rings. The highest BCUT2D eigenvalue weighted by Gasteiger charge is 2.22. The van der Waals surface area contributed by atoms with Crippen molar-refractivity contribution < 1.29 is 0 Å². The number of benzene rings is 2. The Morgan fingerprint density at radius 3 is 2.74 bits per heavy atom. The van der Waals surface area contributed by atoms with Crippen molar-refractivity contribution in [1.82, 2.24) is 24.6 Å². The molecule has 0 fully saturated rings. The third-order valence-corrected chi connectivity index (χ3v) is 7.74. The molecule has 1 aliphatic heterocycles. The summed E-state index contributed by atoms with van der Waals surface area (Å²) in [6.07, 6.45) is 6.40. The number of halogens is 1. The number of thiophene rings is 1. The maximum absolute atomic E-state index is 4.87. The van der Waals surface area contributed by atoms with Gasteiger partial charge in [-0.15, -0.1) is 11.3 Å². The molecule has 9 heteroatoms. The second-order valence-electron chi connectivity index (χ2n) is 8.48. The maximum atomic E-state index is 4.87. The molecule has 174 valence electrons. The van der Waals surface area contributed by atoms with Crippen molar-refractivity contribution in [3.05, 3.63) is 87.6 Å². The molecule has 0 saturated heterocycles. The van der Waals surface area contributed by atoms with E-state index in [2.05, 4.69) is 60.5 Å². The number of nitrogens with one attached hydrogen (secondary N) is 1. The zero-order valence-corrected chi connectivity index (χ0v) is 21.4. The minimum atomic E-state index is 0.744. The first-order valence-electron chi connectivity index (χ1n) is 11.3. The van der Waals surface area contributed by atoms with Crippen LogP contribution in [0.3, 0.4) is 0 Å². The second-order valence-corrected chi connectivity index (χ2v) is 10.5. The molecular weight excluding hydrogens is 522 g/mol. The number of fused-ring (bicyclic) bond motifs is 3. The van der Waals surface area contributed by atoms with Crippen LogP contribution >= 0.6 is 27.3 Å². The number of likely N-dealkylation sites (N-methyl/N-ethyl adjacent to an activating group) is 1. The van der Waals surface area contributed by atoms with E-state index in [4.69, 9.17) is 5.10 Å². The normalized spacial score (nSPS) is 14.0. The summed E-state index contributed by atoms with van der Waals surface area (Å²) in [5, 5.41) is 10.5. The number of para-hydroxylation sites is 1. The highest BCUT2D eigenvalue weighted by Crippen LogP contribution is 2.36. The molecule has 35 heavy (non-hydrogen) atoms. The van der Waals surface area contributed by atoms with Gasteiger partial charge in [0.2, 0.25) is 0 Å². The average molecular weight is 544 g/mol. The van der Waals surface area contributed by atoms with Gasteiger partial charge in [0, 0.05) is 39.8 Å². The predicted octanol–water partition coefficient (Wildman–Crippen LogP) is 5.74. The molecule has 4 heterocycles. The monoisotopic (exact) mass is 543 g/mol. The number of anilines is 1. The van der Waals surface area contributed by atoms with Crippen LogP contribution in [0.15, 0.2) is 76.7 Å². The Bertz CT molecular complexity index is 1520. The van der Waals surface area contributed by atoms with Crippen LogP contribution in [0, 0.1) is 0 Å². The van der Waals surface area contributed by atoms with Crippen LogP contribution in [-0.2, 0) is 13.0 Å². The number of aromatic nitrogens is 4. The first kappa shape index (κ1) is 22.1. The Kier molecular flexibility index (Phi) is 5.89. The third kappa shape index (κ3) is 4.38. The van der Waals surface area contributed by atoms with Crippen LogP contribution in [-0.4, -0.2) is 44.5 Å². The van der Waals surface area contributed by atoms with Gasteiger partial charge in [-0.1, -0.05) is 46.3 Å². The number of rotatable bonds is 5. The standard InChI is InChI=1S/C26H22BrN7S/c1-33-12-11-21-22(15-33)35-26-23(21)25(28-16-29-26)31-30-13-18-14-34(20-5-3-2-4-6-20)32-24(18)17-7-9-19(27)10-8-17/h2-10,13-14,16H,11-12,15H2,1H3,(H,28,29,31)/b30-13+. The molecule has 0 bridgehead atoms. The third-order valence-electron chi connectivity index (χ3n) is 6.08. The van der Waals surface area contributed by atoms with E-state index in [-0.39, 0.29) is 0 Å². The van der Waals surface area contributed by atoms with Gasteiger partial charge < -0.3 is 4.90 Å². The van der Waals surface area contributed by atoms with Crippen molar-refractivity contribution in [3.8, 4) is 16.9 Å². The van der Waals surface area contributed by atoms with Gasteiger partial charge in [0.15, 0.2) is 5.82 Å². The number of hydrogen-bond acceptors (Lipinski definition) is 7. The van der Waals surface area contributed by atoms with Crippen LogP contribution in [0.1, 0.15) is 16.0 Å². The molecule has 0 radical (unpaired) electrons. The van der Waals surface area contributed by atoms with Gasteiger partial charge in [0.25, 0.3) is 0 Å². The lowest BCUT2D eigenvalue weighted by molar-refractivity contribution is 0.318. The average Bonchev–Trinajstić information content (AvgIpc) is 3.47. The molecule has 7 nitrogen and oxygen atoms in total. The van der Waals surface area contributed by atoms with Crippen molar-refractivity contribution in [2.24, 2.45) is 5.10 Å². The van der Waals surface area contributed by atoms with E-state index in [1.54, 1.807) is 17.7 Å². The summed E-state index contributed by atoms with van der Waals surface area (Å²) >= 11 is 5.26. The van der Waals surface area contributed by atoms with Gasteiger partial charge in [-0.25, -0.2) is 14.6 Å². The van der Waals surface area contributed by atoms with Crippen LogP contribution in [0.4, 0.5) is 5.82 Å². The fraction of sp³-hybridized carbons (Fsp3) is 0.154. The second kappa shape index (κ2) is 9.33. The summed E-state index contributed by atoms with van der Waals surface area (Å²) in [4.78, 5) is 13.7. The Morgan fingerprint density at radius 2 is 1.91 bits per heavy atom. The predicted molar refractivity (Wildman–Crippen MR) is 145 cm³/mol. The van der Waals surface area contributed by atoms with Gasteiger partial charge in [-0.2, -0.15) is 10.2 Å². The summed E-state index contributed by atoms with van der Waals surface area (Å²) in [6.45, 7) is 1.99. The lowest BCUT2D eigenvalue weighted by Gasteiger charge is -2.22. The molecule has 1 N–H and O–H groups in total. The topological polar surface area (TPSA) is 71.2 Å². The van der Waals surface area contributed by atoms with Crippen molar-refractivity contribution >= 4 is 49.5 Å². The van der Waals surface area contributed by atoms with Crippen molar-refractivity contribution in [2.75, 3.05) is 19.0 Å². The fourth-order valence-electron chi connectivity index (χ4n) is 4.33. The van der Waals surface area contributed by atoms with E-state index in [1.165, 1.54) is 10.4 Å². The highest BCUT2D eigenvalue weighted by molar-refractivity contribution is 9.10. The first-order chi connectivity index (χ1) is 17.2. The molecule has 0 atom stereocenters. The van der Waals surface area contributed by atoms with Gasteiger partial charge in [0.1, 0.15) is 16.9 Å². The molecule has 0 unspecified atom stereocenters. The van der Waals surface area contributed by atoms with Crippen LogP contribution in [0.5, 0.6) is 0 Å². The highest BCUT2D eigenvalue weighted by atomic mass is 79.9. The van der Waals surface area contributed by atoms with E-state index in [1.807, 2.05) is 59.6 Å². The zero-order valence-electron chi connectivity index (χ0n) is 19.0. The molecule has 3 aromatic heterocycles. The minimum Gasteiger partial charge on any atom is -0.301 e. The van der Waals surface area contributed by atoms with Crippen LogP contribution < -0.4 is 5.43 Å². The summed E-state index contributed by atoms with van der Waals surface area (Å²) in [7, 11) is 2.15. The Labute approximate surface area is 215 Å². The van der Waals surface area contributed by atoms with E-state index in [0.29, 0.717) is 0 Å². The number of hydrazone groups is 1. The van der Waals surface area contributed by atoms with Gasteiger partial charge in [0.05, 0.1) is 17.3 Å². The van der Waals surface area contributed by atoms with E-state index in [0.717, 1.165) is 62.5 Å². The van der Waals surface area contributed by atoms with Gasteiger partial charge in [-0.3, -0.25) is 5.43 Å². The molecule has 0 amide bonds. The van der Waals surface area contributed by atoms with Crippen LogP contribution in [0.25, 0.3) is 27.2 Å². The van der Waals surface area contributed by atoms with Gasteiger partial charge in [-0.05, 0) is 43.3 Å². The van der Waals surface area contributed by atoms with E-state index in [9.17, 15) is 0 Å². The fourth-order valence-corrected chi connectivity index (χ4v) is 5.86. The van der Waals surface area contributed by atoms with Crippen molar-refractivity contribution in [2.45, 2.75) is 13.0 Å². The van der Waals surface area contributed by atoms with E-state index < -0.39 is 0 Å². The molecule has 0 spiro atoms. The largest absolute Gasteiger partial charge is 0.301 e. The lowest BCUT2D eigenvalue weighted by atomic mass is 10.1. The van der Waals surface area contributed by atoms with Crippen molar-refractivity contribution in [1.29, 1.82) is 0 Å². The summed E-state index contributed by atoms with van der Waals surface area (Å²) < 4.78 is 2.91. The summed E-state index contributed by atoms with van der Waals surface area (Å²) in [6, 6.07) is 18.2. The molecule has 0 aliphatic carbocycles. The van der Waals surface area contributed by atoms with Crippen molar-refractivity contribution in [3.63, 3.8) is 0 Å². The van der Waals surface area contributed by atoms with Gasteiger partial charge >= 0.3 is 0 Å². The maximum Gasteiger partial charge on any atom is 0.158 e. The molecular formula is C26H22BrN7S. The number of hydrogen-bond donors (Lipinski definition) is 1. The number of nitrogens with zero attached hydrogens (tertiary/aromatic N) is 6. The quantitative estimate of drug-likeness (QED) is 0.226. The SMILES string of the molecule is CN1CCc2c(sc3ncnc(N/N=C/c4cn(-c5ccccc5)nc4-c4ccc(Br)cc4)c23)C1. The zero-order chi connectivity index (χ0) is 23.8. The Morgan fingerprint density at radius 1 is 1.09 bits per heavy atom. The summed E-state index contributed by atoms with van der Waals surface area (Å²) in [5.74, 6) is 0.744. The lowest BCUT2D eigenvalue weighted by Crippen LogP contribution is -2.25. The first-order valence-corrected chi connectivity index (χ1v) is 12.9. The molecule has 5 aromatic rings.